The van der Waals surface area contributed by atoms with Gasteiger partial charge in [0.2, 0.25) is 0 Å². The van der Waals surface area contributed by atoms with Gasteiger partial charge in [0.25, 0.3) is 0 Å². The van der Waals surface area contributed by atoms with Gasteiger partial charge < -0.3 is 10.2 Å². The second-order valence-electron chi connectivity index (χ2n) is 6.75. The van der Waals surface area contributed by atoms with E-state index in [2.05, 4.69) is 5.32 Å². The fourth-order valence-electron chi connectivity index (χ4n) is 2.77. The highest BCUT2D eigenvalue weighted by molar-refractivity contribution is 6.30. The van der Waals surface area contributed by atoms with Crippen LogP contribution >= 0.6 is 11.6 Å². The van der Waals surface area contributed by atoms with Crippen molar-refractivity contribution in [3.63, 3.8) is 0 Å². The lowest BCUT2D eigenvalue weighted by Crippen LogP contribution is -2.40. The molecule has 0 fully saturated rings. The molecule has 0 spiro atoms. The van der Waals surface area contributed by atoms with Gasteiger partial charge in [0.15, 0.2) is 0 Å². The first kappa shape index (κ1) is 19.0. The van der Waals surface area contributed by atoms with Gasteiger partial charge in [0.05, 0.1) is 17.9 Å². The van der Waals surface area contributed by atoms with Crippen molar-refractivity contribution in [3.8, 4) is 16.9 Å². The van der Waals surface area contributed by atoms with E-state index in [0.717, 1.165) is 22.5 Å². The molecule has 1 aromatic heterocycles. The molecule has 0 aliphatic rings. The first-order valence-electron chi connectivity index (χ1n) is 8.85. The molecular weight excluding hydrogens is 360 g/mol. The minimum Gasteiger partial charge on any atom is -0.336 e. The van der Waals surface area contributed by atoms with E-state index < -0.39 is 0 Å². The van der Waals surface area contributed by atoms with Crippen LogP contribution in [-0.4, -0.2) is 33.8 Å². The normalized spacial score (nSPS) is 10.9. The molecule has 0 unspecified atom stereocenters. The molecule has 6 heteroatoms. The highest BCUT2D eigenvalue weighted by Gasteiger charge is 2.17. The predicted octanol–water partition coefficient (Wildman–Crippen LogP) is 4.74. The number of hydrogen-bond acceptors (Lipinski definition) is 2. The van der Waals surface area contributed by atoms with Crippen molar-refractivity contribution in [2.45, 2.75) is 26.4 Å². The van der Waals surface area contributed by atoms with Gasteiger partial charge in [-0.3, -0.25) is 0 Å². The van der Waals surface area contributed by atoms with Gasteiger partial charge in [0.1, 0.15) is 0 Å². The van der Waals surface area contributed by atoms with Gasteiger partial charge in [-0.1, -0.05) is 41.9 Å². The first-order valence-corrected chi connectivity index (χ1v) is 9.23. The van der Waals surface area contributed by atoms with Crippen molar-refractivity contribution in [1.29, 1.82) is 0 Å². The summed E-state index contributed by atoms with van der Waals surface area (Å²) in [5.74, 6) is 0. The van der Waals surface area contributed by atoms with Crippen LogP contribution in [0, 0.1) is 0 Å². The third-order valence-corrected chi connectivity index (χ3v) is 4.35. The zero-order valence-corrected chi connectivity index (χ0v) is 16.4. The van der Waals surface area contributed by atoms with Gasteiger partial charge in [-0.2, -0.15) is 5.10 Å². The number of nitrogens with one attached hydrogen (secondary N) is 1. The summed E-state index contributed by atoms with van der Waals surface area (Å²) in [5.41, 5.74) is 3.72. The standard InChI is InChI=1S/C21H23ClN4O/c1-15(2)23-21(27)25(3)13-17-14-26(19-7-5-4-6-8-19)24-20(17)16-9-11-18(22)12-10-16/h4-12,14-15H,13H2,1-3H3,(H,23,27). The molecule has 0 atom stereocenters. The Morgan fingerprint density at radius 1 is 1.15 bits per heavy atom. The Kier molecular flexibility index (Phi) is 5.81. The monoisotopic (exact) mass is 382 g/mol. The number of amides is 2. The van der Waals surface area contributed by atoms with Gasteiger partial charge in [-0.05, 0) is 38.1 Å². The number of para-hydroxylation sites is 1. The third kappa shape index (κ3) is 4.68. The smallest absolute Gasteiger partial charge is 0.317 e. The zero-order valence-electron chi connectivity index (χ0n) is 15.7. The van der Waals surface area contributed by atoms with Crippen LogP contribution in [0.1, 0.15) is 19.4 Å². The lowest BCUT2D eigenvalue weighted by Gasteiger charge is -2.19. The summed E-state index contributed by atoms with van der Waals surface area (Å²) in [6.07, 6.45) is 1.97. The lowest BCUT2D eigenvalue weighted by molar-refractivity contribution is 0.204. The molecule has 0 radical (unpaired) electrons. The number of aromatic nitrogens is 2. The molecule has 140 valence electrons. The molecule has 2 amide bonds. The van der Waals surface area contributed by atoms with Gasteiger partial charge in [-0.25, -0.2) is 9.48 Å². The van der Waals surface area contributed by atoms with E-state index in [0.29, 0.717) is 11.6 Å². The number of urea groups is 1. The quantitative estimate of drug-likeness (QED) is 0.692. The second kappa shape index (κ2) is 8.27. The van der Waals surface area contributed by atoms with E-state index in [4.69, 9.17) is 16.7 Å². The summed E-state index contributed by atoms with van der Waals surface area (Å²) in [7, 11) is 1.78. The molecule has 3 rings (SSSR count). The van der Waals surface area contributed by atoms with Crippen molar-refractivity contribution in [2.24, 2.45) is 0 Å². The number of hydrogen-bond donors (Lipinski definition) is 1. The van der Waals surface area contributed by atoms with Gasteiger partial charge >= 0.3 is 6.03 Å². The van der Waals surface area contributed by atoms with Crippen molar-refractivity contribution in [1.82, 2.24) is 20.0 Å². The maximum absolute atomic E-state index is 12.3. The Morgan fingerprint density at radius 3 is 2.44 bits per heavy atom. The average molecular weight is 383 g/mol. The van der Waals surface area contributed by atoms with E-state index in [-0.39, 0.29) is 12.1 Å². The number of benzene rings is 2. The van der Waals surface area contributed by atoms with Crippen LogP contribution in [-0.2, 0) is 6.54 Å². The molecule has 27 heavy (non-hydrogen) atoms. The predicted molar refractivity (Wildman–Crippen MR) is 109 cm³/mol. The fourth-order valence-corrected chi connectivity index (χ4v) is 2.90. The van der Waals surface area contributed by atoms with E-state index in [1.165, 1.54) is 0 Å². The Labute approximate surface area is 164 Å². The maximum atomic E-state index is 12.3. The fraction of sp³-hybridized carbons (Fsp3) is 0.238. The van der Waals surface area contributed by atoms with Crippen molar-refractivity contribution >= 4 is 17.6 Å². The van der Waals surface area contributed by atoms with Crippen LogP contribution in [0.3, 0.4) is 0 Å². The topological polar surface area (TPSA) is 50.2 Å². The number of nitrogens with zero attached hydrogens (tertiary/aromatic N) is 3. The molecular formula is C21H23ClN4O. The minimum absolute atomic E-state index is 0.0859. The van der Waals surface area contributed by atoms with E-state index >= 15 is 0 Å². The Morgan fingerprint density at radius 2 is 1.81 bits per heavy atom. The summed E-state index contributed by atoms with van der Waals surface area (Å²) in [4.78, 5) is 14.0. The maximum Gasteiger partial charge on any atom is 0.317 e. The van der Waals surface area contributed by atoms with Crippen LogP contribution in [0.4, 0.5) is 4.79 Å². The van der Waals surface area contributed by atoms with E-state index in [9.17, 15) is 4.79 Å². The van der Waals surface area contributed by atoms with Crippen LogP contribution in [0.2, 0.25) is 5.02 Å². The van der Waals surface area contributed by atoms with Gasteiger partial charge in [0, 0.05) is 35.4 Å². The summed E-state index contributed by atoms with van der Waals surface area (Å²) < 4.78 is 1.84. The molecule has 2 aromatic carbocycles. The van der Waals surface area contributed by atoms with Crippen LogP contribution in [0.5, 0.6) is 0 Å². The SMILES string of the molecule is CC(C)NC(=O)N(C)Cc1cn(-c2ccccc2)nc1-c1ccc(Cl)cc1. The van der Waals surface area contributed by atoms with E-state index in [1.54, 1.807) is 11.9 Å². The molecule has 0 aliphatic heterocycles. The Balaban J connectivity index is 1.96. The second-order valence-corrected chi connectivity index (χ2v) is 7.19. The van der Waals surface area contributed by atoms with Crippen LogP contribution < -0.4 is 5.32 Å². The van der Waals surface area contributed by atoms with Crippen LogP contribution in [0.25, 0.3) is 16.9 Å². The number of halogens is 1. The van der Waals surface area contributed by atoms with E-state index in [1.807, 2.05) is 79.3 Å². The summed E-state index contributed by atoms with van der Waals surface area (Å²) in [6.45, 7) is 4.33. The summed E-state index contributed by atoms with van der Waals surface area (Å²) in [5, 5.41) is 8.36. The van der Waals surface area contributed by atoms with Gasteiger partial charge in [-0.15, -0.1) is 0 Å². The summed E-state index contributed by atoms with van der Waals surface area (Å²) in [6, 6.07) is 17.5. The first-order chi connectivity index (χ1) is 12.9. The third-order valence-electron chi connectivity index (χ3n) is 4.09. The van der Waals surface area contributed by atoms with Crippen molar-refractivity contribution in [2.75, 3.05) is 7.05 Å². The highest BCUT2D eigenvalue weighted by Crippen LogP contribution is 2.26. The molecule has 0 saturated heterocycles. The van der Waals surface area contributed by atoms with Crippen molar-refractivity contribution < 1.29 is 4.79 Å². The Hall–Kier alpha value is -2.79. The molecule has 0 aliphatic carbocycles. The minimum atomic E-state index is -0.112. The number of rotatable bonds is 5. The molecule has 1 heterocycles. The molecule has 0 bridgehead atoms. The highest BCUT2D eigenvalue weighted by atomic mass is 35.5. The number of carbonyl (C=O) groups excluding carboxylic acids is 1. The lowest BCUT2D eigenvalue weighted by atomic mass is 10.1. The molecule has 3 aromatic rings. The molecule has 5 nitrogen and oxygen atoms in total. The zero-order chi connectivity index (χ0) is 19.4. The molecule has 0 saturated carbocycles. The summed E-state index contributed by atoms with van der Waals surface area (Å²) >= 11 is 6.03. The Bertz CT molecular complexity index is 904. The largest absolute Gasteiger partial charge is 0.336 e. The van der Waals surface area contributed by atoms with Crippen LogP contribution in [0.15, 0.2) is 60.8 Å². The van der Waals surface area contributed by atoms with Crippen molar-refractivity contribution in [3.05, 3.63) is 71.4 Å². The molecule has 1 N–H and O–H groups in total. The average Bonchev–Trinajstić information content (AvgIpc) is 3.06. The number of carbonyl (C=O) groups is 1.